The van der Waals surface area contributed by atoms with Crippen LogP contribution in [0.1, 0.15) is 26.3 Å². The SMILES string of the molecule is CC(C)Oc1ccc(C=NNC(=O)C(C)C(=O)Nc2ccccc2Br)cc1Br. The molecule has 0 aromatic heterocycles. The normalized spacial score (nSPS) is 12.1. The standard InChI is InChI=1S/C20H21Br2N3O3/c1-12(2)28-18-9-8-14(10-16(18)22)11-23-25-20(27)13(3)19(26)24-17-7-5-4-6-15(17)21/h4-13H,1-3H3,(H,24,26)(H,25,27). The quantitative estimate of drug-likeness (QED) is 0.321. The van der Waals surface area contributed by atoms with Crippen molar-refractivity contribution in [3.05, 3.63) is 57.0 Å². The Kier molecular flexibility index (Phi) is 8.19. The number of hydrazone groups is 1. The number of rotatable bonds is 7. The Hall–Kier alpha value is -2.19. The van der Waals surface area contributed by atoms with Crippen LogP contribution in [0, 0.1) is 5.92 Å². The first kappa shape index (κ1) is 22.1. The van der Waals surface area contributed by atoms with Crippen molar-refractivity contribution in [3.8, 4) is 5.75 Å². The molecule has 28 heavy (non-hydrogen) atoms. The fourth-order valence-corrected chi connectivity index (χ4v) is 3.01. The van der Waals surface area contributed by atoms with Crippen molar-refractivity contribution in [2.75, 3.05) is 5.32 Å². The Morgan fingerprint density at radius 2 is 1.75 bits per heavy atom. The van der Waals surface area contributed by atoms with Crippen LogP contribution in [0.3, 0.4) is 0 Å². The van der Waals surface area contributed by atoms with Gasteiger partial charge in [-0.2, -0.15) is 5.10 Å². The number of nitrogens with zero attached hydrogens (tertiary/aromatic N) is 1. The summed E-state index contributed by atoms with van der Waals surface area (Å²) in [6.45, 7) is 5.42. The van der Waals surface area contributed by atoms with Crippen molar-refractivity contribution in [3.63, 3.8) is 0 Å². The molecule has 0 bridgehead atoms. The Labute approximate surface area is 181 Å². The lowest BCUT2D eigenvalue weighted by Crippen LogP contribution is -2.34. The molecule has 1 atom stereocenters. The number of para-hydroxylation sites is 1. The molecule has 0 heterocycles. The minimum atomic E-state index is -0.905. The molecule has 0 spiro atoms. The number of hydrogen-bond donors (Lipinski definition) is 2. The molecule has 0 saturated heterocycles. The molecule has 1 unspecified atom stereocenters. The summed E-state index contributed by atoms with van der Waals surface area (Å²) in [7, 11) is 0. The Morgan fingerprint density at radius 3 is 2.39 bits per heavy atom. The predicted molar refractivity (Wildman–Crippen MR) is 118 cm³/mol. The third-order valence-corrected chi connectivity index (χ3v) is 4.94. The molecule has 0 saturated carbocycles. The van der Waals surface area contributed by atoms with Crippen molar-refractivity contribution in [2.24, 2.45) is 11.0 Å². The van der Waals surface area contributed by atoms with Crippen LogP contribution in [0.5, 0.6) is 5.75 Å². The molecule has 148 valence electrons. The highest BCUT2D eigenvalue weighted by atomic mass is 79.9. The zero-order chi connectivity index (χ0) is 20.7. The number of amides is 2. The maximum atomic E-state index is 12.2. The van der Waals surface area contributed by atoms with E-state index < -0.39 is 17.7 Å². The summed E-state index contributed by atoms with van der Waals surface area (Å²) in [6, 6.07) is 12.7. The molecule has 0 fully saturated rings. The zero-order valence-corrected chi connectivity index (χ0v) is 18.9. The lowest BCUT2D eigenvalue weighted by Gasteiger charge is -2.12. The number of carbonyl (C=O) groups excluding carboxylic acids is 2. The summed E-state index contributed by atoms with van der Waals surface area (Å²) in [5, 5.41) is 6.64. The van der Waals surface area contributed by atoms with Crippen LogP contribution >= 0.6 is 31.9 Å². The molecular formula is C20H21Br2N3O3. The van der Waals surface area contributed by atoms with E-state index in [9.17, 15) is 9.59 Å². The van der Waals surface area contributed by atoms with Crippen molar-refractivity contribution in [2.45, 2.75) is 26.9 Å². The fourth-order valence-electron chi connectivity index (χ4n) is 2.14. The van der Waals surface area contributed by atoms with E-state index in [0.29, 0.717) is 5.69 Å². The molecule has 0 radical (unpaired) electrons. The number of halogens is 2. The van der Waals surface area contributed by atoms with Crippen molar-refractivity contribution >= 4 is 55.6 Å². The number of hydrogen-bond acceptors (Lipinski definition) is 4. The third kappa shape index (κ3) is 6.45. The summed E-state index contributed by atoms with van der Waals surface area (Å²) in [6.07, 6.45) is 1.57. The van der Waals surface area contributed by atoms with E-state index >= 15 is 0 Å². The van der Waals surface area contributed by atoms with Gasteiger partial charge in [-0.3, -0.25) is 9.59 Å². The maximum Gasteiger partial charge on any atom is 0.252 e. The van der Waals surface area contributed by atoms with Gasteiger partial charge in [0.15, 0.2) is 0 Å². The first-order valence-electron chi connectivity index (χ1n) is 8.62. The van der Waals surface area contributed by atoms with Crippen LogP contribution in [0.25, 0.3) is 0 Å². The highest BCUT2D eigenvalue weighted by molar-refractivity contribution is 9.11. The Balaban J connectivity index is 1.92. The topological polar surface area (TPSA) is 79.8 Å². The maximum absolute atomic E-state index is 12.2. The zero-order valence-electron chi connectivity index (χ0n) is 15.7. The van der Waals surface area contributed by atoms with Gasteiger partial charge in [-0.25, -0.2) is 5.43 Å². The molecule has 6 nitrogen and oxygen atoms in total. The molecule has 0 aliphatic heterocycles. The lowest BCUT2D eigenvalue weighted by molar-refractivity contribution is -0.131. The fraction of sp³-hybridized carbons (Fsp3) is 0.250. The van der Waals surface area contributed by atoms with E-state index in [0.717, 1.165) is 20.3 Å². The summed E-state index contributed by atoms with van der Waals surface area (Å²) in [5.41, 5.74) is 3.76. The van der Waals surface area contributed by atoms with Gasteiger partial charge in [0.1, 0.15) is 11.7 Å². The number of anilines is 1. The highest BCUT2D eigenvalue weighted by Gasteiger charge is 2.21. The van der Waals surface area contributed by atoms with Crippen LogP contribution in [-0.2, 0) is 9.59 Å². The molecule has 2 rings (SSSR count). The molecule has 0 aliphatic rings. The van der Waals surface area contributed by atoms with Crippen molar-refractivity contribution in [1.29, 1.82) is 0 Å². The minimum Gasteiger partial charge on any atom is -0.490 e. The lowest BCUT2D eigenvalue weighted by atomic mass is 10.1. The van der Waals surface area contributed by atoms with Gasteiger partial charge in [0, 0.05) is 4.47 Å². The van der Waals surface area contributed by atoms with E-state index in [1.165, 1.54) is 13.1 Å². The molecule has 2 aromatic carbocycles. The summed E-state index contributed by atoms with van der Waals surface area (Å²) in [5.74, 6) is -1.09. The molecule has 2 amide bonds. The van der Waals surface area contributed by atoms with E-state index in [4.69, 9.17) is 4.74 Å². The molecule has 2 N–H and O–H groups in total. The summed E-state index contributed by atoms with van der Waals surface area (Å²) < 4.78 is 7.18. The van der Waals surface area contributed by atoms with Gasteiger partial charge in [0.05, 0.1) is 22.5 Å². The van der Waals surface area contributed by atoms with Gasteiger partial charge >= 0.3 is 0 Å². The average Bonchev–Trinajstić information content (AvgIpc) is 2.64. The van der Waals surface area contributed by atoms with Crippen LogP contribution in [-0.4, -0.2) is 24.1 Å². The van der Waals surface area contributed by atoms with Crippen molar-refractivity contribution < 1.29 is 14.3 Å². The van der Waals surface area contributed by atoms with Crippen LogP contribution in [0.15, 0.2) is 56.5 Å². The second-order valence-electron chi connectivity index (χ2n) is 6.28. The largest absolute Gasteiger partial charge is 0.490 e. The van der Waals surface area contributed by atoms with Gasteiger partial charge in [-0.05, 0) is 88.5 Å². The first-order chi connectivity index (χ1) is 13.3. The third-order valence-electron chi connectivity index (χ3n) is 3.63. The van der Waals surface area contributed by atoms with Crippen LogP contribution < -0.4 is 15.5 Å². The number of ether oxygens (including phenoxy) is 1. The molecule has 8 heteroatoms. The van der Waals surface area contributed by atoms with Crippen LogP contribution in [0.2, 0.25) is 0 Å². The smallest absolute Gasteiger partial charge is 0.252 e. The molecule has 2 aromatic rings. The van der Waals surface area contributed by atoms with E-state index in [2.05, 4.69) is 47.7 Å². The molecule has 0 aliphatic carbocycles. The van der Waals surface area contributed by atoms with Crippen molar-refractivity contribution in [1.82, 2.24) is 5.43 Å². The van der Waals surface area contributed by atoms with Gasteiger partial charge in [0.2, 0.25) is 5.91 Å². The second-order valence-corrected chi connectivity index (χ2v) is 7.99. The Morgan fingerprint density at radius 1 is 1.04 bits per heavy atom. The highest BCUT2D eigenvalue weighted by Crippen LogP contribution is 2.26. The number of carbonyl (C=O) groups is 2. The number of nitrogens with one attached hydrogen (secondary N) is 2. The average molecular weight is 511 g/mol. The summed E-state index contributed by atoms with van der Waals surface area (Å²) in [4.78, 5) is 24.4. The van der Waals surface area contributed by atoms with E-state index in [1.54, 1.807) is 18.2 Å². The van der Waals surface area contributed by atoms with Gasteiger partial charge < -0.3 is 10.1 Å². The Bertz CT molecular complexity index is 885. The summed E-state index contributed by atoms with van der Waals surface area (Å²) >= 11 is 6.80. The first-order valence-corrected chi connectivity index (χ1v) is 10.2. The van der Waals surface area contributed by atoms with E-state index in [-0.39, 0.29) is 6.10 Å². The number of benzene rings is 2. The second kappa shape index (κ2) is 10.4. The van der Waals surface area contributed by atoms with Gasteiger partial charge in [0.25, 0.3) is 5.91 Å². The van der Waals surface area contributed by atoms with Gasteiger partial charge in [-0.1, -0.05) is 12.1 Å². The van der Waals surface area contributed by atoms with Gasteiger partial charge in [-0.15, -0.1) is 0 Å². The minimum absolute atomic E-state index is 0.0687. The van der Waals surface area contributed by atoms with Crippen LogP contribution in [0.4, 0.5) is 5.69 Å². The predicted octanol–water partition coefficient (Wildman–Crippen LogP) is 4.72. The van der Waals surface area contributed by atoms with E-state index in [1.807, 2.05) is 38.1 Å². The molecular weight excluding hydrogens is 490 g/mol. The monoisotopic (exact) mass is 509 g/mol.